The van der Waals surface area contributed by atoms with E-state index in [0.29, 0.717) is 17.8 Å². The van der Waals surface area contributed by atoms with Crippen LogP contribution in [0.25, 0.3) is 0 Å². The molecule has 1 heterocycles. The molecule has 0 bridgehead atoms. The first-order valence-electron chi connectivity index (χ1n) is 7.96. The maximum atomic E-state index is 13.5. The highest BCUT2D eigenvalue weighted by Crippen LogP contribution is 2.22. The fourth-order valence-electron chi connectivity index (χ4n) is 3.22. The lowest BCUT2D eigenvalue weighted by Crippen LogP contribution is -2.55. The summed E-state index contributed by atoms with van der Waals surface area (Å²) in [5.74, 6) is -0.0285. The van der Waals surface area contributed by atoms with Crippen LogP contribution in [-0.4, -0.2) is 60.3 Å². The first-order chi connectivity index (χ1) is 10.5. The summed E-state index contributed by atoms with van der Waals surface area (Å²) in [7, 11) is 1.49. The number of methoxy groups -OCH3 is 1. The third-order valence-corrected chi connectivity index (χ3v) is 4.36. The minimum atomic E-state index is -0.325. The smallest absolute Gasteiger partial charge is 0.165 e. The average molecular weight is 310 g/mol. The van der Waals surface area contributed by atoms with Crippen molar-refractivity contribution in [2.45, 2.75) is 38.9 Å². The van der Waals surface area contributed by atoms with E-state index >= 15 is 0 Å². The van der Waals surface area contributed by atoms with Crippen LogP contribution >= 0.6 is 0 Å². The summed E-state index contributed by atoms with van der Waals surface area (Å²) in [5.41, 5.74) is 1.05. The van der Waals surface area contributed by atoms with Crippen LogP contribution in [-0.2, 0) is 6.54 Å². The molecule has 1 N–H and O–H groups in total. The number of benzene rings is 1. The van der Waals surface area contributed by atoms with Crippen LogP contribution in [0.3, 0.4) is 0 Å². The Morgan fingerprint density at radius 1 is 1.36 bits per heavy atom. The van der Waals surface area contributed by atoms with Crippen molar-refractivity contribution in [3.05, 3.63) is 29.6 Å². The lowest BCUT2D eigenvalue weighted by atomic mass is 10.1. The molecule has 124 valence electrons. The van der Waals surface area contributed by atoms with Crippen LogP contribution in [0.2, 0.25) is 0 Å². The van der Waals surface area contributed by atoms with Crippen LogP contribution in [0.4, 0.5) is 4.39 Å². The molecule has 0 amide bonds. The number of rotatable bonds is 6. The van der Waals surface area contributed by atoms with E-state index in [1.807, 2.05) is 6.07 Å². The lowest BCUT2D eigenvalue weighted by molar-refractivity contribution is 0.0349. The van der Waals surface area contributed by atoms with Gasteiger partial charge in [-0.1, -0.05) is 6.07 Å². The summed E-state index contributed by atoms with van der Waals surface area (Å²) in [5, 5.41) is 9.29. The molecule has 22 heavy (non-hydrogen) atoms. The maximum Gasteiger partial charge on any atom is 0.165 e. The first-order valence-corrected chi connectivity index (χ1v) is 7.96. The van der Waals surface area contributed by atoms with E-state index in [0.717, 1.165) is 38.2 Å². The highest BCUT2D eigenvalue weighted by Gasteiger charge is 2.28. The molecule has 2 rings (SSSR count). The number of ether oxygens (including phenoxy) is 1. The van der Waals surface area contributed by atoms with Gasteiger partial charge < -0.3 is 9.84 Å². The topological polar surface area (TPSA) is 35.9 Å². The van der Waals surface area contributed by atoms with Crippen molar-refractivity contribution in [1.29, 1.82) is 0 Å². The monoisotopic (exact) mass is 310 g/mol. The SMILES string of the molecule is COc1cc(CN2CCN(C(C)C)[C@H](CCO)C2)ccc1F. The summed E-state index contributed by atoms with van der Waals surface area (Å²) in [6.07, 6.45) is 0.793. The molecule has 5 heteroatoms. The molecule has 1 saturated heterocycles. The summed E-state index contributed by atoms with van der Waals surface area (Å²) in [4.78, 5) is 4.82. The minimum Gasteiger partial charge on any atom is -0.494 e. The van der Waals surface area contributed by atoms with E-state index in [2.05, 4.69) is 23.6 Å². The Morgan fingerprint density at radius 3 is 2.77 bits per heavy atom. The number of hydrogen-bond donors (Lipinski definition) is 1. The second kappa shape index (κ2) is 7.90. The highest BCUT2D eigenvalue weighted by atomic mass is 19.1. The highest BCUT2D eigenvalue weighted by molar-refractivity contribution is 5.30. The van der Waals surface area contributed by atoms with E-state index in [9.17, 15) is 9.50 Å². The molecule has 0 radical (unpaired) electrons. The van der Waals surface area contributed by atoms with E-state index in [1.165, 1.54) is 13.2 Å². The zero-order valence-corrected chi connectivity index (χ0v) is 13.8. The molecule has 1 aromatic rings. The fourth-order valence-corrected chi connectivity index (χ4v) is 3.22. The van der Waals surface area contributed by atoms with Gasteiger partial charge in [-0.05, 0) is 38.0 Å². The second-order valence-electron chi connectivity index (χ2n) is 6.20. The van der Waals surface area contributed by atoms with Gasteiger partial charge in [0.25, 0.3) is 0 Å². The van der Waals surface area contributed by atoms with Crippen molar-refractivity contribution in [3.8, 4) is 5.75 Å². The quantitative estimate of drug-likeness (QED) is 0.873. The zero-order valence-electron chi connectivity index (χ0n) is 13.8. The summed E-state index contributed by atoms with van der Waals surface area (Å²) < 4.78 is 18.5. The standard InChI is InChI=1S/C17H27FN2O2/c1-13(2)20-8-7-19(12-15(20)6-9-21)11-14-4-5-16(18)17(10-14)22-3/h4-5,10,13,15,21H,6-9,11-12H2,1-3H3/t15-/m1/s1. The lowest BCUT2D eigenvalue weighted by Gasteiger charge is -2.43. The van der Waals surface area contributed by atoms with Crippen LogP contribution in [0, 0.1) is 5.82 Å². The van der Waals surface area contributed by atoms with Gasteiger partial charge in [-0.3, -0.25) is 9.80 Å². The van der Waals surface area contributed by atoms with Crippen LogP contribution < -0.4 is 4.74 Å². The van der Waals surface area contributed by atoms with Crippen molar-refractivity contribution in [2.24, 2.45) is 0 Å². The van der Waals surface area contributed by atoms with Crippen LogP contribution in [0.1, 0.15) is 25.8 Å². The van der Waals surface area contributed by atoms with E-state index in [4.69, 9.17) is 4.74 Å². The molecule has 0 aliphatic carbocycles. The van der Waals surface area contributed by atoms with Gasteiger partial charge in [0.1, 0.15) is 0 Å². The Labute approximate surface area is 132 Å². The zero-order chi connectivity index (χ0) is 16.1. The van der Waals surface area contributed by atoms with Crippen molar-refractivity contribution in [1.82, 2.24) is 9.80 Å². The summed E-state index contributed by atoms with van der Waals surface area (Å²) in [6.45, 7) is 8.31. The molecule has 0 aromatic heterocycles. The number of aliphatic hydroxyl groups is 1. The van der Waals surface area contributed by atoms with Gasteiger partial charge in [0.2, 0.25) is 0 Å². The third kappa shape index (κ3) is 4.18. The van der Waals surface area contributed by atoms with E-state index < -0.39 is 0 Å². The minimum absolute atomic E-state index is 0.214. The maximum absolute atomic E-state index is 13.5. The van der Waals surface area contributed by atoms with Crippen LogP contribution in [0.15, 0.2) is 18.2 Å². The Balaban J connectivity index is 2.01. The van der Waals surface area contributed by atoms with Crippen molar-refractivity contribution < 1.29 is 14.2 Å². The molecule has 1 atom stereocenters. The predicted octanol–water partition coefficient (Wildman–Crippen LogP) is 2.11. The molecular formula is C17H27FN2O2. The summed E-state index contributed by atoms with van der Waals surface area (Å²) in [6, 6.07) is 5.91. The molecular weight excluding hydrogens is 283 g/mol. The molecule has 1 aromatic carbocycles. The van der Waals surface area contributed by atoms with Gasteiger partial charge in [0.05, 0.1) is 7.11 Å². The summed E-state index contributed by atoms with van der Waals surface area (Å²) >= 11 is 0. The molecule has 0 unspecified atom stereocenters. The molecule has 4 nitrogen and oxygen atoms in total. The fraction of sp³-hybridized carbons (Fsp3) is 0.647. The van der Waals surface area contributed by atoms with E-state index in [1.54, 1.807) is 6.07 Å². The predicted molar refractivity (Wildman–Crippen MR) is 85.6 cm³/mol. The molecule has 0 spiro atoms. The number of nitrogens with zero attached hydrogens (tertiary/aromatic N) is 2. The van der Waals surface area contributed by atoms with Crippen molar-refractivity contribution in [3.63, 3.8) is 0 Å². The number of aliphatic hydroxyl groups excluding tert-OH is 1. The molecule has 0 saturated carbocycles. The Morgan fingerprint density at radius 2 is 2.14 bits per heavy atom. The largest absolute Gasteiger partial charge is 0.494 e. The molecule has 1 aliphatic rings. The Hall–Kier alpha value is -1.17. The molecule has 1 aliphatic heterocycles. The van der Waals surface area contributed by atoms with Gasteiger partial charge in [0, 0.05) is 44.9 Å². The van der Waals surface area contributed by atoms with Crippen molar-refractivity contribution >= 4 is 0 Å². The van der Waals surface area contributed by atoms with Gasteiger partial charge >= 0.3 is 0 Å². The number of halogens is 1. The van der Waals surface area contributed by atoms with Crippen LogP contribution in [0.5, 0.6) is 5.75 Å². The van der Waals surface area contributed by atoms with Crippen molar-refractivity contribution in [2.75, 3.05) is 33.4 Å². The van der Waals surface area contributed by atoms with Gasteiger partial charge in [-0.15, -0.1) is 0 Å². The normalized spacial score (nSPS) is 20.5. The Bertz CT molecular complexity index is 482. The van der Waals surface area contributed by atoms with Gasteiger partial charge in [-0.25, -0.2) is 4.39 Å². The Kier molecular flexibility index (Phi) is 6.17. The van der Waals surface area contributed by atoms with Gasteiger partial charge in [-0.2, -0.15) is 0 Å². The average Bonchev–Trinajstić information content (AvgIpc) is 2.49. The number of hydrogen-bond acceptors (Lipinski definition) is 4. The van der Waals surface area contributed by atoms with Gasteiger partial charge in [0.15, 0.2) is 11.6 Å². The number of piperazine rings is 1. The first kappa shape index (κ1) is 17.2. The third-order valence-electron chi connectivity index (χ3n) is 4.36. The second-order valence-corrected chi connectivity index (χ2v) is 6.20. The molecule has 1 fully saturated rings. The van der Waals surface area contributed by atoms with E-state index in [-0.39, 0.29) is 12.4 Å².